The fourth-order valence-electron chi connectivity index (χ4n) is 1.49. The number of nitrogens with one attached hydrogen (secondary N) is 1. The largest absolute Gasteiger partial charge is 0.399 e. The molecule has 3 N–H and O–H groups in total. The summed E-state index contributed by atoms with van der Waals surface area (Å²) in [6, 6.07) is 5.42. The van der Waals surface area contributed by atoms with Crippen molar-refractivity contribution >= 4 is 11.6 Å². The molecule has 0 aliphatic heterocycles. The molecule has 0 aromatic heterocycles. The average Bonchev–Trinajstić information content (AvgIpc) is 2.24. The summed E-state index contributed by atoms with van der Waals surface area (Å²) in [6.45, 7) is 9.01. The van der Waals surface area contributed by atoms with Gasteiger partial charge >= 0.3 is 0 Å². The molecule has 0 unspecified atom stereocenters. The summed E-state index contributed by atoms with van der Waals surface area (Å²) < 4.78 is 0. The number of carbonyl (C=O) groups is 1. The molecule has 0 saturated heterocycles. The second kappa shape index (κ2) is 5.21. The minimum atomic E-state index is -0.0538. The molecule has 0 atom stereocenters. The first kappa shape index (κ1) is 13.6. The number of amides is 1. The normalized spacial score (nSPS) is 11.3. The summed E-state index contributed by atoms with van der Waals surface area (Å²) in [5.41, 5.74) is 8.12. The zero-order chi connectivity index (χ0) is 13.1. The van der Waals surface area contributed by atoms with Gasteiger partial charge in [0.15, 0.2) is 0 Å². The Morgan fingerprint density at radius 2 is 2.00 bits per heavy atom. The number of nitrogens with two attached hydrogens (primary N) is 1. The van der Waals surface area contributed by atoms with E-state index in [9.17, 15) is 4.79 Å². The number of hydrogen-bond acceptors (Lipinski definition) is 2. The van der Waals surface area contributed by atoms with Crippen LogP contribution < -0.4 is 11.1 Å². The molecule has 3 heteroatoms. The highest BCUT2D eigenvalue weighted by Gasteiger charge is 2.16. The number of benzene rings is 1. The first-order valence-electron chi connectivity index (χ1n) is 5.99. The number of aryl methyl sites for hydroxylation is 1. The molecule has 0 aliphatic rings. The average molecular weight is 234 g/mol. The minimum absolute atomic E-state index is 0.0538. The van der Waals surface area contributed by atoms with Crippen LogP contribution in [0.5, 0.6) is 0 Å². The molecule has 0 saturated carbocycles. The van der Waals surface area contributed by atoms with Crippen molar-refractivity contribution in [3.8, 4) is 0 Å². The zero-order valence-electron chi connectivity index (χ0n) is 11.1. The van der Waals surface area contributed by atoms with Crippen LogP contribution in [0.2, 0.25) is 0 Å². The highest BCUT2D eigenvalue weighted by molar-refractivity contribution is 5.95. The van der Waals surface area contributed by atoms with E-state index >= 15 is 0 Å². The third kappa shape index (κ3) is 4.10. The highest BCUT2D eigenvalue weighted by Crippen LogP contribution is 2.18. The van der Waals surface area contributed by atoms with Gasteiger partial charge in [-0.05, 0) is 42.5 Å². The van der Waals surface area contributed by atoms with Crippen LogP contribution in [0.3, 0.4) is 0 Å². The van der Waals surface area contributed by atoms with Gasteiger partial charge in [0.25, 0.3) is 5.91 Å². The van der Waals surface area contributed by atoms with Gasteiger partial charge in [0, 0.05) is 17.8 Å². The van der Waals surface area contributed by atoms with Crippen molar-refractivity contribution < 1.29 is 4.79 Å². The number of carbonyl (C=O) groups excluding carboxylic acids is 1. The van der Waals surface area contributed by atoms with E-state index in [4.69, 9.17) is 5.73 Å². The van der Waals surface area contributed by atoms with Gasteiger partial charge in [0.05, 0.1) is 0 Å². The van der Waals surface area contributed by atoms with Crippen molar-refractivity contribution in [1.29, 1.82) is 0 Å². The molecular weight excluding hydrogens is 212 g/mol. The summed E-state index contributed by atoms with van der Waals surface area (Å²) in [6.07, 6.45) is 1.03. The van der Waals surface area contributed by atoms with Gasteiger partial charge in [-0.25, -0.2) is 0 Å². The van der Waals surface area contributed by atoms with E-state index in [1.165, 1.54) is 0 Å². The highest BCUT2D eigenvalue weighted by atomic mass is 16.1. The smallest absolute Gasteiger partial charge is 0.251 e. The van der Waals surface area contributed by atoms with E-state index in [-0.39, 0.29) is 11.3 Å². The topological polar surface area (TPSA) is 55.1 Å². The van der Waals surface area contributed by atoms with Crippen LogP contribution in [0.4, 0.5) is 5.69 Å². The van der Waals surface area contributed by atoms with Crippen LogP contribution in [0, 0.1) is 12.3 Å². The van der Waals surface area contributed by atoms with Crippen molar-refractivity contribution in [2.45, 2.75) is 34.1 Å². The summed E-state index contributed by atoms with van der Waals surface area (Å²) in [4.78, 5) is 11.9. The lowest BCUT2D eigenvalue weighted by molar-refractivity contribution is 0.0935. The van der Waals surface area contributed by atoms with Gasteiger partial charge in [0.2, 0.25) is 0 Å². The van der Waals surface area contributed by atoms with Crippen molar-refractivity contribution in [1.82, 2.24) is 5.32 Å². The second-order valence-corrected chi connectivity index (χ2v) is 5.33. The quantitative estimate of drug-likeness (QED) is 0.787. The van der Waals surface area contributed by atoms with Gasteiger partial charge in [-0.1, -0.05) is 20.8 Å². The summed E-state index contributed by atoms with van der Waals surface area (Å²) in [5, 5.41) is 2.95. The van der Waals surface area contributed by atoms with Gasteiger partial charge in [-0.2, -0.15) is 0 Å². The summed E-state index contributed by atoms with van der Waals surface area (Å²) in [7, 11) is 0. The zero-order valence-corrected chi connectivity index (χ0v) is 11.1. The van der Waals surface area contributed by atoms with E-state index in [1.54, 1.807) is 6.07 Å². The molecule has 1 rings (SSSR count). The second-order valence-electron chi connectivity index (χ2n) is 5.33. The minimum Gasteiger partial charge on any atom is -0.399 e. The Hall–Kier alpha value is -1.51. The maximum atomic E-state index is 11.9. The first-order valence-corrected chi connectivity index (χ1v) is 5.99. The predicted octanol–water partition coefficient (Wildman–Crippen LogP) is 2.74. The Morgan fingerprint density at radius 3 is 2.53 bits per heavy atom. The van der Waals surface area contributed by atoms with E-state index in [2.05, 4.69) is 26.1 Å². The molecule has 0 spiro atoms. The molecule has 0 fully saturated rings. The van der Waals surface area contributed by atoms with E-state index < -0.39 is 0 Å². The fraction of sp³-hybridized carbons (Fsp3) is 0.500. The maximum absolute atomic E-state index is 11.9. The Balaban J connectivity index is 2.70. The molecule has 3 nitrogen and oxygen atoms in total. The van der Waals surface area contributed by atoms with Crippen LogP contribution in [0.1, 0.15) is 43.1 Å². The Labute approximate surface area is 103 Å². The molecule has 1 amide bonds. The molecule has 0 bridgehead atoms. The lowest BCUT2D eigenvalue weighted by Gasteiger charge is -2.22. The Morgan fingerprint density at radius 1 is 1.35 bits per heavy atom. The molecular formula is C14H22N2O. The van der Waals surface area contributed by atoms with E-state index in [1.807, 2.05) is 19.1 Å². The molecule has 0 aliphatic carbocycles. The number of hydrogen-bond donors (Lipinski definition) is 2. The van der Waals surface area contributed by atoms with E-state index in [0.717, 1.165) is 12.0 Å². The molecule has 0 heterocycles. The van der Waals surface area contributed by atoms with Crippen LogP contribution >= 0.6 is 0 Å². The van der Waals surface area contributed by atoms with Gasteiger partial charge in [0.1, 0.15) is 0 Å². The van der Waals surface area contributed by atoms with Crippen molar-refractivity contribution in [3.63, 3.8) is 0 Å². The first-order chi connectivity index (χ1) is 7.84. The van der Waals surface area contributed by atoms with Crippen LogP contribution in [0.25, 0.3) is 0 Å². The van der Waals surface area contributed by atoms with Crippen LogP contribution in [-0.4, -0.2) is 12.5 Å². The van der Waals surface area contributed by atoms with Crippen molar-refractivity contribution in [2.75, 3.05) is 12.3 Å². The van der Waals surface area contributed by atoms with E-state index in [0.29, 0.717) is 17.8 Å². The Kier molecular flexibility index (Phi) is 4.16. The number of rotatable bonds is 4. The number of anilines is 1. The third-order valence-electron chi connectivity index (χ3n) is 3.05. The van der Waals surface area contributed by atoms with Gasteiger partial charge in [-0.15, -0.1) is 0 Å². The molecule has 0 radical (unpaired) electrons. The monoisotopic (exact) mass is 234 g/mol. The number of nitrogen functional groups attached to an aromatic ring is 1. The molecule has 1 aromatic rings. The lowest BCUT2D eigenvalue weighted by atomic mass is 9.90. The van der Waals surface area contributed by atoms with Crippen molar-refractivity contribution in [2.24, 2.45) is 5.41 Å². The lowest BCUT2D eigenvalue weighted by Crippen LogP contribution is -2.33. The SMILES string of the molecule is CCC(C)(C)CNC(=O)c1cc(C)cc(N)c1. The summed E-state index contributed by atoms with van der Waals surface area (Å²) >= 11 is 0. The molecule has 94 valence electrons. The third-order valence-corrected chi connectivity index (χ3v) is 3.05. The summed E-state index contributed by atoms with van der Waals surface area (Å²) in [5.74, 6) is -0.0538. The predicted molar refractivity (Wildman–Crippen MR) is 72.0 cm³/mol. The Bertz CT molecular complexity index is 390. The van der Waals surface area contributed by atoms with Crippen LogP contribution in [0.15, 0.2) is 18.2 Å². The van der Waals surface area contributed by atoms with Gasteiger partial charge < -0.3 is 11.1 Å². The van der Waals surface area contributed by atoms with Crippen molar-refractivity contribution in [3.05, 3.63) is 29.3 Å². The van der Waals surface area contributed by atoms with Gasteiger partial charge in [-0.3, -0.25) is 4.79 Å². The maximum Gasteiger partial charge on any atom is 0.251 e. The standard InChI is InChI=1S/C14H22N2O/c1-5-14(3,4)9-16-13(17)11-6-10(2)7-12(15)8-11/h6-8H,5,9,15H2,1-4H3,(H,16,17). The fourth-order valence-corrected chi connectivity index (χ4v) is 1.49. The van der Waals surface area contributed by atoms with Crippen LogP contribution in [-0.2, 0) is 0 Å². The molecule has 17 heavy (non-hydrogen) atoms. The molecule has 1 aromatic carbocycles.